The molecule has 13 heteroatoms. The summed E-state index contributed by atoms with van der Waals surface area (Å²) in [5.41, 5.74) is 4.15. The first-order chi connectivity index (χ1) is 22.0. The zero-order chi connectivity index (χ0) is 30.5. The molecule has 0 unspecified atom stereocenters. The molecule has 2 saturated heterocycles. The van der Waals surface area contributed by atoms with Crippen LogP contribution in [-0.2, 0) is 4.79 Å². The minimum absolute atomic E-state index is 0.0645. The van der Waals surface area contributed by atoms with Crippen molar-refractivity contribution in [1.29, 1.82) is 5.26 Å². The van der Waals surface area contributed by atoms with Crippen molar-refractivity contribution in [2.45, 2.75) is 56.5 Å². The maximum atomic E-state index is 11.7. The number of fused-ring (bicyclic) bond motifs is 1. The molecule has 0 atom stereocenters. The number of carbonyl (C=O) groups is 1. The molecule has 12 nitrogen and oxygen atoms in total. The Balaban J connectivity index is 1.04. The third-order valence-electron chi connectivity index (χ3n) is 9.66. The zero-order valence-electron chi connectivity index (χ0n) is 24.6. The Bertz CT molecular complexity index is 1940. The molecule has 7 heterocycles. The van der Waals surface area contributed by atoms with Crippen LogP contribution in [0, 0.1) is 11.3 Å². The van der Waals surface area contributed by atoms with Crippen molar-refractivity contribution in [3.8, 4) is 28.6 Å². The highest BCUT2D eigenvalue weighted by Gasteiger charge is 2.48. The van der Waals surface area contributed by atoms with E-state index in [-0.39, 0.29) is 11.6 Å². The molecular formula is C32H30ClN11O. The van der Waals surface area contributed by atoms with Gasteiger partial charge in [-0.15, -0.1) is 0 Å². The van der Waals surface area contributed by atoms with Crippen LogP contribution < -0.4 is 9.80 Å². The maximum absolute atomic E-state index is 11.7. The number of carbonyl (C=O) groups excluding carboxylic acids is 1. The van der Waals surface area contributed by atoms with Crippen LogP contribution >= 0.6 is 11.6 Å². The Morgan fingerprint density at radius 1 is 0.911 bits per heavy atom. The van der Waals surface area contributed by atoms with Crippen molar-refractivity contribution in [1.82, 2.24) is 39.3 Å². The van der Waals surface area contributed by atoms with Gasteiger partial charge in [-0.1, -0.05) is 11.6 Å². The van der Waals surface area contributed by atoms with E-state index >= 15 is 0 Å². The van der Waals surface area contributed by atoms with Crippen LogP contribution in [0.2, 0.25) is 5.15 Å². The van der Waals surface area contributed by atoms with E-state index in [1.807, 2.05) is 35.4 Å². The van der Waals surface area contributed by atoms with Crippen LogP contribution in [0.3, 0.4) is 0 Å². The summed E-state index contributed by atoms with van der Waals surface area (Å²) in [6.07, 6.45) is 16.6. The number of nitrogens with zero attached hydrogens (tertiary/aromatic N) is 11. The minimum atomic E-state index is 0.0645. The number of Topliss-reactive ketones (excluding diaryl/α,β-unsaturated/α-hetero) is 1. The Labute approximate surface area is 264 Å². The number of ketones is 1. The second kappa shape index (κ2) is 10.9. The van der Waals surface area contributed by atoms with E-state index in [1.54, 1.807) is 29.2 Å². The predicted octanol–water partition coefficient (Wildman–Crippen LogP) is 4.90. The van der Waals surface area contributed by atoms with Crippen LogP contribution in [0.5, 0.6) is 0 Å². The number of pyridine rings is 1. The number of anilines is 2. The number of piperidine rings is 1. The fourth-order valence-electron chi connectivity index (χ4n) is 6.99. The minimum Gasteiger partial charge on any atom is -0.356 e. The maximum Gasteiger partial charge on any atom is 0.227 e. The van der Waals surface area contributed by atoms with Crippen LogP contribution in [0.15, 0.2) is 55.4 Å². The summed E-state index contributed by atoms with van der Waals surface area (Å²) in [5.74, 6) is 1.94. The average molecular weight is 620 g/mol. The molecule has 0 N–H and O–H groups in total. The summed E-state index contributed by atoms with van der Waals surface area (Å²) in [5, 5.41) is 19.4. The molecule has 3 fully saturated rings. The first-order valence-corrected chi connectivity index (χ1v) is 15.7. The van der Waals surface area contributed by atoms with E-state index in [1.165, 1.54) is 0 Å². The SMILES string of the molecule is N#Cc1cnn2cc(-c3cnn(C4CCC(=O)CC4)c3)nc(-c3ccc(N4CCC5(CC4)CCN5c4nccc(Cl)n4)nc3)c12. The third-order valence-corrected chi connectivity index (χ3v) is 9.87. The second-order valence-electron chi connectivity index (χ2n) is 12.1. The zero-order valence-corrected chi connectivity index (χ0v) is 25.3. The molecule has 0 aromatic carbocycles. The van der Waals surface area contributed by atoms with Gasteiger partial charge >= 0.3 is 0 Å². The summed E-state index contributed by atoms with van der Waals surface area (Å²) in [6.45, 7) is 2.69. The highest BCUT2D eigenvalue weighted by molar-refractivity contribution is 6.29. The van der Waals surface area contributed by atoms with Crippen LogP contribution in [0.1, 0.15) is 56.6 Å². The molecule has 0 radical (unpaired) electrons. The van der Waals surface area contributed by atoms with Gasteiger partial charge in [0.2, 0.25) is 5.95 Å². The number of rotatable bonds is 5. The molecule has 45 heavy (non-hydrogen) atoms. The normalized spacial score (nSPS) is 18.4. The lowest BCUT2D eigenvalue weighted by molar-refractivity contribution is -0.120. The highest BCUT2D eigenvalue weighted by Crippen LogP contribution is 2.42. The number of aromatic nitrogens is 8. The highest BCUT2D eigenvalue weighted by atomic mass is 35.5. The molecule has 5 aromatic heterocycles. The second-order valence-corrected chi connectivity index (χ2v) is 12.5. The lowest BCUT2D eigenvalue weighted by Crippen LogP contribution is -2.65. The number of halogens is 1. The van der Waals surface area contributed by atoms with Gasteiger partial charge in [-0.05, 0) is 50.3 Å². The van der Waals surface area contributed by atoms with E-state index in [9.17, 15) is 10.1 Å². The van der Waals surface area contributed by atoms with Gasteiger partial charge in [-0.2, -0.15) is 15.5 Å². The summed E-state index contributed by atoms with van der Waals surface area (Å²) >= 11 is 6.14. The number of nitriles is 1. The van der Waals surface area contributed by atoms with Gasteiger partial charge in [-0.3, -0.25) is 9.48 Å². The van der Waals surface area contributed by atoms with Crippen LogP contribution in [0.4, 0.5) is 11.8 Å². The van der Waals surface area contributed by atoms with Crippen molar-refractivity contribution in [2.24, 2.45) is 0 Å². The van der Waals surface area contributed by atoms with E-state index in [2.05, 4.69) is 36.0 Å². The summed E-state index contributed by atoms with van der Waals surface area (Å²) in [6, 6.07) is 8.21. The van der Waals surface area contributed by atoms with E-state index in [4.69, 9.17) is 21.6 Å². The van der Waals surface area contributed by atoms with E-state index in [0.29, 0.717) is 52.2 Å². The van der Waals surface area contributed by atoms with Gasteiger partial charge in [0.15, 0.2) is 0 Å². The third kappa shape index (κ3) is 4.88. The summed E-state index contributed by atoms with van der Waals surface area (Å²) < 4.78 is 3.65. The van der Waals surface area contributed by atoms with Gasteiger partial charge in [0, 0.05) is 67.7 Å². The van der Waals surface area contributed by atoms with Crippen molar-refractivity contribution in [3.05, 3.63) is 66.1 Å². The standard InChI is InChI=1S/C32H30ClN11O/c33-27-7-11-35-31(40-27)42-14-10-32(42)8-12-41(13-9-32)28-6-1-21(16-36-28)29-30-22(15-34)17-38-44(30)20-26(39-29)23-18-37-43(19-23)24-2-4-25(45)5-3-24/h1,6-7,11,16-20,24H,2-5,8-10,12-14H2. The largest absolute Gasteiger partial charge is 0.356 e. The van der Waals surface area contributed by atoms with Gasteiger partial charge in [-0.25, -0.2) is 24.5 Å². The van der Waals surface area contributed by atoms with Gasteiger partial charge < -0.3 is 9.80 Å². The van der Waals surface area contributed by atoms with E-state index < -0.39 is 0 Å². The first kappa shape index (κ1) is 27.6. The predicted molar refractivity (Wildman–Crippen MR) is 168 cm³/mol. The molecular weight excluding hydrogens is 590 g/mol. The average Bonchev–Trinajstić information content (AvgIpc) is 3.72. The number of hydrogen-bond donors (Lipinski definition) is 0. The van der Waals surface area contributed by atoms with Crippen molar-refractivity contribution in [2.75, 3.05) is 29.4 Å². The van der Waals surface area contributed by atoms with Gasteiger partial charge in [0.25, 0.3) is 0 Å². The van der Waals surface area contributed by atoms with Crippen LogP contribution in [-0.4, -0.2) is 70.3 Å². The first-order valence-electron chi connectivity index (χ1n) is 15.3. The molecule has 0 bridgehead atoms. The van der Waals surface area contributed by atoms with Gasteiger partial charge in [0.1, 0.15) is 33.9 Å². The monoisotopic (exact) mass is 619 g/mol. The summed E-state index contributed by atoms with van der Waals surface area (Å²) in [4.78, 5) is 35.1. The molecule has 226 valence electrons. The lowest BCUT2D eigenvalue weighted by Gasteiger charge is -2.56. The van der Waals surface area contributed by atoms with Crippen molar-refractivity contribution >= 4 is 34.7 Å². The van der Waals surface area contributed by atoms with E-state index in [0.717, 1.165) is 68.7 Å². The molecule has 1 spiro atoms. The fourth-order valence-corrected chi connectivity index (χ4v) is 7.12. The Hall–Kier alpha value is -4.89. The number of hydrogen-bond acceptors (Lipinski definition) is 10. The smallest absolute Gasteiger partial charge is 0.227 e. The van der Waals surface area contributed by atoms with Crippen molar-refractivity contribution in [3.63, 3.8) is 0 Å². The van der Waals surface area contributed by atoms with Gasteiger partial charge in [0.05, 0.1) is 36.0 Å². The molecule has 1 saturated carbocycles. The molecule has 8 rings (SSSR count). The fraction of sp³-hybridized carbons (Fsp3) is 0.375. The molecule has 5 aromatic rings. The summed E-state index contributed by atoms with van der Waals surface area (Å²) in [7, 11) is 0. The molecule has 0 amide bonds. The Morgan fingerprint density at radius 3 is 2.44 bits per heavy atom. The van der Waals surface area contributed by atoms with Crippen LogP contribution in [0.25, 0.3) is 28.0 Å². The molecule has 2 aliphatic heterocycles. The Morgan fingerprint density at radius 2 is 1.73 bits per heavy atom. The quantitative estimate of drug-likeness (QED) is 0.250. The molecule has 3 aliphatic rings. The Kier molecular flexibility index (Phi) is 6.71. The molecule has 1 aliphatic carbocycles. The van der Waals surface area contributed by atoms with Crippen molar-refractivity contribution < 1.29 is 4.79 Å². The topological polar surface area (TPSA) is 134 Å². The lowest BCUT2D eigenvalue weighted by atomic mass is 9.76.